The van der Waals surface area contributed by atoms with Gasteiger partial charge in [-0.1, -0.05) is 60.2 Å². The average Bonchev–Trinajstić information content (AvgIpc) is 3.26. The van der Waals surface area contributed by atoms with Crippen LogP contribution in [0.2, 0.25) is 0 Å². The van der Waals surface area contributed by atoms with Gasteiger partial charge in [0.15, 0.2) is 0 Å². The number of nitrogens with one attached hydrogen (secondary N) is 2. The summed E-state index contributed by atoms with van der Waals surface area (Å²) in [4.78, 5) is 28.6. The fourth-order valence-electron chi connectivity index (χ4n) is 3.96. The summed E-state index contributed by atoms with van der Waals surface area (Å²) in [6.45, 7) is 4.72. The zero-order valence-electron chi connectivity index (χ0n) is 18.8. The standard InChI is InChI=1S/C27H29N3O2S/c1-20-11-13-22(14-12-20)28-26(31)19-33-25-10-6-5-9-24(25)27(32)29-23-15-16-30(18-23)17-21-7-3-2-4-8-21/h2-14,23H,15-19H2,1H3,(H,28,31)(H,29,32)/t23-/m1/s1. The van der Waals surface area contributed by atoms with Crippen LogP contribution in [0.3, 0.4) is 0 Å². The molecule has 1 heterocycles. The highest BCUT2D eigenvalue weighted by Crippen LogP contribution is 2.24. The summed E-state index contributed by atoms with van der Waals surface area (Å²) < 4.78 is 0. The van der Waals surface area contributed by atoms with Crippen LogP contribution >= 0.6 is 11.8 Å². The molecule has 3 aromatic carbocycles. The number of benzene rings is 3. The molecule has 0 radical (unpaired) electrons. The predicted molar refractivity (Wildman–Crippen MR) is 135 cm³/mol. The number of amides is 2. The molecule has 1 aliphatic heterocycles. The Balaban J connectivity index is 1.30. The molecule has 1 fully saturated rings. The molecule has 0 aromatic heterocycles. The lowest BCUT2D eigenvalue weighted by Crippen LogP contribution is -2.37. The van der Waals surface area contributed by atoms with Gasteiger partial charge in [-0.2, -0.15) is 0 Å². The number of nitrogens with zero attached hydrogens (tertiary/aromatic N) is 1. The van der Waals surface area contributed by atoms with Crippen LogP contribution in [0.1, 0.15) is 27.9 Å². The largest absolute Gasteiger partial charge is 0.348 e. The van der Waals surface area contributed by atoms with Crippen LogP contribution in [0.4, 0.5) is 5.69 Å². The van der Waals surface area contributed by atoms with Gasteiger partial charge in [0.1, 0.15) is 0 Å². The molecule has 3 aromatic rings. The molecule has 1 aliphatic rings. The van der Waals surface area contributed by atoms with Gasteiger partial charge in [-0.25, -0.2) is 0 Å². The van der Waals surface area contributed by atoms with Crippen molar-refractivity contribution in [3.05, 3.63) is 95.6 Å². The van der Waals surface area contributed by atoms with E-state index in [9.17, 15) is 9.59 Å². The number of anilines is 1. The molecule has 5 nitrogen and oxygen atoms in total. The molecule has 0 unspecified atom stereocenters. The van der Waals surface area contributed by atoms with E-state index in [1.165, 1.54) is 17.3 Å². The van der Waals surface area contributed by atoms with Crippen LogP contribution in [0.5, 0.6) is 0 Å². The Morgan fingerprint density at radius 3 is 2.48 bits per heavy atom. The third-order valence-electron chi connectivity index (χ3n) is 5.68. The molecule has 0 saturated carbocycles. The molecule has 2 N–H and O–H groups in total. The quantitative estimate of drug-likeness (QED) is 0.478. The van der Waals surface area contributed by atoms with Crippen molar-refractivity contribution < 1.29 is 9.59 Å². The van der Waals surface area contributed by atoms with Gasteiger partial charge in [-0.3, -0.25) is 14.5 Å². The number of hydrogen-bond acceptors (Lipinski definition) is 4. The van der Waals surface area contributed by atoms with E-state index in [0.717, 1.165) is 42.2 Å². The Bertz CT molecular complexity index is 1090. The molecular formula is C27H29N3O2S. The lowest BCUT2D eigenvalue weighted by Gasteiger charge is -2.17. The summed E-state index contributed by atoms with van der Waals surface area (Å²) in [5.74, 6) is 0.0712. The van der Waals surface area contributed by atoms with Crippen LogP contribution in [0, 0.1) is 6.92 Å². The van der Waals surface area contributed by atoms with Crippen LogP contribution in [0.25, 0.3) is 0 Å². The minimum absolute atomic E-state index is 0.0800. The fourth-order valence-corrected chi connectivity index (χ4v) is 4.81. The van der Waals surface area contributed by atoms with Crippen molar-refractivity contribution in [3.63, 3.8) is 0 Å². The van der Waals surface area contributed by atoms with Gasteiger partial charge in [0, 0.05) is 36.3 Å². The van der Waals surface area contributed by atoms with Gasteiger partial charge in [0.05, 0.1) is 11.3 Å². The first-order valence-corrected chi connectivity index (χ1v) is 12.2. The van der Waals surface area contributed by atoms with Crippen LogP contribution < -0.4 is 10.6 Å². The Labute approximate surface area is 199 Å². The van der Waals surface area contributed by atoms with E-state index in [-0.39, 0.29) is 23.6 Å². The lowest BCUT2D eigenvalue weighted by molar-refractivity contribution is -0.113. The number of aryl methyl sites for hydroxylation is 1. The second-order valence-electron chi connectivity index (χ2n) is 8.38. The normalized spacial score (nSPS) is 15.8. The first-order chi connectivity index (χ1) is 16.1. The van der Waals surface area contributed by atoms with Crippen molar-refractivity contribution in [3.8, 4) is 0 Å². The van der Waals surface area contributed by atoms with Gasteiger partial charge >= 0.3 is 0 Å². The predicted octanol–water partition coefficient (Wildman–Crippen LogP) is 4.73. The number of hydrogen-bond donors (Lipinski definition) is 2. The minimum Gasteiger partial charge on any atom is -0.348 e. The number of carbonyl (C=O) groups excluding carboxylic acids is 2. The van der Waals surface area contributed by atoms with Crippen molar-refractivity contribution in [1.82, 2.24) is 10.2 Å². The van der Waals surface area contributed by atoms with Crippen LogP contribution in [-0.2, 0) is 11.3 Å². The van der Waals surface area contributed by atoms with E-state index in [2.05, 4.69) is 39.8 Å². The maximum atomic E-state index is 13.0. The zero-order chi connectivity index (χ0) is 23.0. The molecule has 6 heteroatoms. The number of likely N-dealkylation sites (tertiary alicyclic amines) is 1. The lowest BCUT2D eigenvalue weighted by atomic mass is 10.2. The summed E-state index contributed by atoms with van der Waals surface area (Å²) in [7, 11) is 0. The molecule has 170 valence electrons. The molecular weight excluding hydrogens is 430 g/mol. The first-order valence-electron chi connectivity index (χ1n) is 11.2. The molecule has 1 saturated heterocycles. The summed E-state index contributed by atoms with van der Waals surface area (Å²) in [5.41, 5.74) is 3.83. The van der Waals surface area contributed by atoms with Crippen molar-refractivity contribution in [1.29, 1.82) is 0 Å². The summed E-state index contributed by atoms with van der Waals surface area (Å²) in [6, 6.07) is 25.7. The van der Waals surface area contributed by atoms with Gasteiger partial charge in [0.2, 0.25) is 5.91 Å². The number of thioether (sulfide) groups is 1. The zero-order valence-corrected chi connectivity index (χ0v) is 19.6. The molecule has 4 rings (SSSR count). The maximum Gasteiger partial charge on any atom is 0.252 e. The Morgan fingerprint density at radius 1 is 0.970 bits per heavy atom. The highest BCUT2D eigenvalue weighted by atomic mass is 32.2. The summed E-state index contributed by atoms with van der Waals surface area (Å²) in [5, 5.41) is 6.10. The van der Waals surface area contributed by atoms with E-state index in [1.807, 2.05) is 61.5 Å². The second-order valence-corrected chi connectivity index (χ2v) is 9.40. The van der Waals surface area contributed by atoms with Gasteiger partial charge in [-0.05, 0) is 43.2 Å². The maximum absolute atomic E-state index is 13.0. The SMILES string of the molecule is Cc1ccc(NC(=O)CSc2ccccc2C(=O)N[C@@H]2CCN(Cc3ccccc3)C2)cc1. The monoisotopic (exact) mass is 459 g/mol. The third-order valence-corrected chi connectivity index (χ3v) is 6.76. The van der Waals surface area contributed by atoms with Crippen LogP contribution in [0.15, 0.2) is 83.8 Å². The molecule has 0 bridgehead atoms. The molecule has 33 heavy (non-hydrogen) atoms. The van der Waals surface area contributed by atoms with Crippen LogP contribution in [-0.4, -0.2) is 41.6 Å². The smallest absolute Gasteiger partial charge is 0.252 e. The van der Waals surface area contributed by atoms with Crippen molar-refractivity contribution >= 4 is 29.3 Å². The molecule has 0 spiro atoms. The Morgan fingerprint density at radius 2 is 1.70 bits per heavy atom. The topological polar surface area (TPSA) is 61.4 Å². The highest BCUT2D eigenvalue weighted by Gasteiger charge is 2.25. The van der Waals surface area contributed by atoms with E-state index in [1.54, 1.807) is 0 Å². The average molecular weight is 460 g/mol. The van der Waals surface area contributed by atoms with Gasteiger partial charge in [0.25, 0.3) is 5.91 Å². The van der Waals surface area contributed by atoms with E-state index in [4.69, 9.17) is 0 Å². The second kappa shape index (κ2) is 11.2. The van der Waals surface area contributed by atoms with Crippen molar-refractivity contribution in [2.45, 2.75) is 30.8 Å². The first kappa shape index (κ1) is 23.1. The van der Waals surface area contributed by atoms with Gasteiger partial charge in [-0.15, -0.1) is 11.8 Å². The van der Waals surface area contributed by atoms with E-state index in [0.29, 0.717) is 5.56 Å². The fraction of sp³-hybridized carbons (Fsp3) is 0.259. The Kier molecular flexibility index (Phi) is 7.81. The molecule has 0 aliphatic carbocycles. The number of carbonyl (C=O) groups is 2. The summed E-state index contributed by atoms with van der Waals surface area (Å²) >= 11 is 1.38. The summed E-state index contributed by atoms with van der Waals surface area (Å²) in [6.07, 6.45) is 0.937. The highest BCUT2D eigenvalue weighted by molar-refractivity contribution is 8.00. The van der Waals surface area contributed by atoms with Crippen molar-refractivity contribution in [2.75, 3.05) is 24.2 Å². The molecule has 1 atom stereocenters. The van der Waals surface area contributed by atoms with E-state index >= 15 is 0 Å². The molecule has 2 amide bonds. The van der Waals surface area contributed by atoms with Crippen molar-refractivity contribution in [2.24, 2.45) is 0 Å². The van der Waals surface area contributed by atoms with Gasteiger partial charge < -0.3 is 10.6 Å². The number of rotatable bonds is 8. The van der Waals surface area contributed by atoms with E-state index < -0.39 is 0 Å². The minimum atomic E-state index is -0.0913. The third kappa shape index (κ3) is 6.70. The Hall–Kier alpha value is -3.09.